The number of hydrogen-bond acceptors (Lipinski definition) is 7. The highest BCUT2D eigenvalue weighted by Crippen LogP contribution is 2.34. The molecule has 0 radical (unpaired) electrons. The van der Waals surface area contributed by atoms with Crippen LogP contribution in [0.3, 0.4) is 0 Å². The van der Waals surface area contributed by atoms with Crippen LogP contribution in [0.1, 0.15) is 35.3 Å². The summed E-state index contributed by atoms with van der Waals surface area (Å²) in [6.45, 7) is 3.70. The van der Waals surface area contributed by atoms with Crippen LogP contribution in [0, 0.1) is 16.0 Å². The number of hydrogen-bond donors (Lipinski definition) is 2. The molecule has 1 unspecified atom stereocenters. The van der Waals surface area contributed by atoms with Crippen molar-refractivity contribution in [3.8, 4) is 11.5 Å². The van der Waals surface area contributed by atoms with Crippen LogP contribution in [0.2, 0.25) is 5.02 Å². The number of ether oxygens (including phenoxy) is 2. The van der Waals surface area contributed by atoms with Crippen molar-refractivity contribution in [1.82, 2.24) is 10.7 Å². The fourth-order valence-electron chi connectivity index (χ4n) is 3.47. The maximum atomic E-state index is 12.8. The average Bonchev–Trinajstić information content (AvgIpc) is 2.90. The second-order valence-electron chi connectivity index (χ2n) is 8.50. The summed E-state index contributed by atoms with van der Waals surface area (Å²) in [5.74, 6) is -0.959. The first-order valence-electron chi connectivity index (χ1n) is 11.6. The summed E-state index contributed by atoms with van der Waals surface area (Å²) in [6.07, 6.45) is 1.13. The maximum Gasteiger partial charge on any atom is 0.282 e. The first-order valence-corrected chi connectivity index (χ1v) is 12.0. The minimum Gasteiger partial charge on any atom is -0.493 e. The Morgan fingerprint density at radius 1 is 1.08 bits per heavy atom. The number of methoxy groups -OCH3 is 1. The smallest absolute Gasteiger partial charge is 0.282 e. The van der Waals surface area contributed by atoms with E-state index in [1.54, 1.807) is 38.1 Å². The van der Waals surface area contributed by atoms with Crippen molar-refractivity contribution in [3.63, 3.8) is 0 Å². The number of carbonyl (C=O) groups is 2. The van der Waals surface area contributed by atoms with Gasteiger partial charge < -0.3 is 14.8 Å². The molecule has 0 bridgehead atoms. The van der Waals surface area contributed by atoms with Crippen molar-refractivity contribution < 1.29 is 24.0 Å². The average molecular weight is 539 g/mol. The van der Waals surface area contributed by atoms with Crippen LogP contribution >= 0.6 is 11.6 Å². The SMILES string of the molecule is COc1cc(/C=N/NC(=O)C(NC(=O)c2ccccc2Cl)C(C)C)c([N+](=O)[O-])cc1OCc1ccccc1. The Morgan fingerprint density at radius 2 is 1.76 bits per heavy atom. The molecular weight excluding hydrogens is 512 g/mol. The van der Waals surface area contributed by atoms with Crippen LogP contribution in [0.4, 0.5) is 5.69 Å². The fourth-order valence-corrected chi connectivity index (χ4v) is 3.69. The number of hydrazone groups is 1. The number of carbonyl (C=O) groups excluding carboxylic acids is 2. The van der Waals surface area contributed by atoms with Crippen LogP contribution in [0.15, 0.2) is 71.8 Å². The first-order chi connectivity index (χ1) is 18.2. The van der Waals surface area contributed by atoms with E-state index in [4.69, 9.17) is 21.1 Å². The number of nitro groups is 1. The van der Waals surface area contributed by atoms with Gasteiger partial charge in [-0.25, -0.2) is 5.43 Å². The Morgan fingerprint density at radius 3 is 2.39 bits per heavy atom. The summed E-state index contributed by atoms with van der Waals surface area (Å²) < 4.78 is 11.1. The van der Waals surface area contributed by atoms with E-state index in [9.17, 15) is 19.7 Å². The van der Waals surface area contributed by atoms with E-state index in [0.717, 1.165) is 11.8 Å². The molecule has 1 atom stereocenters. The second kappa shape index (κ2) is 13.2. The van der Waals surface area contributed by atoms with E-state index in [0.29, 0.717) is 0 Å². The van der Waals surface area contributed by atoms with E-state index < -0.39 is 22.8 Å². The van der Waals surface area contributed by atoms with E-state index in [-0.39, 0.29) is 45.9 Å². The standard InChI is InChI=1S/C27H27ClN4O6/c1-17(2)25(30-26(33)20-11-7-8-12-21(20)28)27(34)31-29-15-19-13-23(37-3)24(14-22(19)32(35)36)38-16-18-9-5-4-6-10-18/h4-15,17,25H,16H2,1-3H3,(H,30,33)(H,31,34)/b29-15+. The monoisotopic (exact) mass is 538 g/mol. The van der Waals surface area contributed by atoms with Gasteiger partial charge in [0.05, 0.1) is 40.5 Å². The molecule has 2 N–H and O–H groups in total. The molecule has 11 heteroatoms. The molecule has 0 spiro atoms. The highest BCUT2D eigenvalue weighted by Gasteiger charge is 2.25. The summed E-state index contributed by atoms with van der Waals surface area (Å²) in [7, 11) is 1.41. The largest absolute Gasteiger partial charge is 0.493 e. The van der Waals surface area contributed by atoms with E-state index in [1.807, 2.05) is 30.3 Å². The lowest BCUT2D eigenvalue weighted by molar-refractivity contribution is -0.385. The van der Waals surface area contributed by atoms with Crippen molar-refractivity contribution >= 4 is 35.3 Å². The van der Waals surface area contributed by atoms with Gasteiger partial charge in [0, 0.05) is 0 Å². The molecule has 3 rings (SSSR count). The first kappa shape index (κ1) is 28.1. The van der Waals surface area contributed by atoms with Crippen LogP contribution < -0.4 is 20.2 Å². The van der Waals surface area contributed by atoms with Crippen LogP contribution in [0.25, 0.3) is 0 Å². The lowest BCUT2D eigenvalue weighted by atomic mass is 10.0. The van der Waals surface area contributed by atoms with Gasteiger partial charge in [-0.15, -0.1) is 0 Å². The molecule has 0 heterocycles. The van der Waals surface area contributed by atoms with E-state index in [1.165, 1.54) is 19.2 Å². The summed E-state index contributed by atoms with van der Waals surface area (Å²) >= 11 is 6.08. The van der Waals surface area contributed by atoms with Gasteiger partial charge in [-0.05, 0) is 29.7 Å². The zero-order chi connectivity index (χ0) is 27.7. The van der Waals surface area contributed by atoms with Gasteiger partial charge >= 0.3 is 0 Å². The van der Waals surface area contributed by atoms with Crippen molar-refractivity contribution in [2.45, 2.75) is 26.5 Å². The minimum atomic E-state index is -0.936. The highest BCUT2D eigenvalue weighted by atomic mass is 35.5. The molecule has 198 valence electrons. The van der Waals surface area contributed by atoms with Gasteiger partial charge in [-0.1, -0.05) is 67.9 Å². The number of nitrogens with one attached hydrogen (secondary N) is 2. The fraction of sp³-hybridized carbons (Fsp3) is 0.222. The van der Waals surface area contributed by atoms with E-state index >= 15 is 0 Å². The third-order valence-corrected chi connectivity index (χ3v) is 5.81. The molecule has 2 amide bonds. The number of nitro benzene ring substituents is 1. The molecule has 0 aliphatic heterocycles. The summed E-state index contributed by atoms with van der Waals surface area (Å²) in [5.41, 5.74) is 3.24. The Kier molecular flexibility index (Phi) is 9.78. The number of halogens is 1. The van der Waals surface area contributed by atoms with Crippen molar-refractivity contribution in [2.75, 3.05) is 7.11 Å². The zero-order valence-electron chi connectivity index (χ0n) is 21.0. The quantitative estimate of drug-likeness (QED) is 0.206. The molecule has 3 aromatic carbocycles. The Hall–Kier alpha value is -4.44. The Labute approximate surface area is 224 Å². The predicted octanol–water partition coefficient (Wildman–Crippen LogP) is 4.74. The Bertz CT molecular complexity index is 1330. The van der Waals surface area contributed by atoms with Crippen molar-refractivity contribution in [3.05, 3.63) is 98.6 Å². The van der Waals surface area contributed by atoms with Gasteiger partial charge in [0.15, 0.2) is 11.5 Å². The molecule has 0 fully saturated rings. The normalized spacial score (nSPS) is 11.7. The zero-order valence-corrected chi connectivity index (χ0v) is 21.8. The topological polar surface area (TPSA) is 132 Å². The molecule has 38 heavy (non-hydrogen) atoms. The third kappa shape index (κ3) is 7.30. The van der Waals surface area contributed by atoms with Crippen molar-refractivity contribution in [1.29, 1.82) is 0 Å². The van der Waals surface area contributed by atoms with Gasteiger partial charge in [0.2, 0.25) is 0 Å². The number of nitrogens with zero attached hydrogens (tertiary/aromatic N) is 2. The third-order valence-electron chi connectivity index (χ3n) is 5.48. The maximum absolute atomic E-state index is 12.8. The second-order valence-corrected chi connectivity index (χ2v) is 8.91. The summed E-state index contributed by atoms with van der Waals surface area (Å²) in [6, 6.07) is 17.5. The summed E-state index contributed by atoms with van der Waals surface area (Å²) in [4.78, 5) is 36.6. The molecule has 0 aliphatic carbocycles. The number of benzene rings is 3. The van der Waals surface area contributed by atoms with Crippen LogP contribution in [-0.2, 0) is 11.4 Å². The van der Waals surface area contributed by atoms with Gasteiger partial charge in [-0.3, -0.25) is 19.7 Å². The molecule has 3 aromatic rings. The molecule has 0 aromatic heterocycles. The van der Waals surface area contributed by atoms with Gasteiger partial charge in [0.25, 0.3) is 17.5 Å². The number of rotatable bonds is 11. The number of amides is 2. The molecular formula is C27H27ClN4O6. The molecule has 0 saturated heterocycles. The van der Waals surface area contributed by atoms with Gasteiger partial charge in [-0.2, -0.15) is 5.10 Å². The minimum absolute atomic E-state index is 0.0837. The lowest BCUT2D eigenvalue weighted by Gasteiger charge is -2.20. The summed E-state index contributed by atoms with van der Waals surface area (Å²) in [5, 5.41) is 18.5. The van der Waals surface area contributed by atoms with Gasteiger partial charge in [0.1, 0.15) is 12.6 Å². The van der Waals surface area contributed by atoms with Crippen molar-refractivity contribution in [2.24, 2.45) is 11.0 Å². The molecule has 0 aliphatic rings. The van der Waals surface area contributed by atoms with Crippen LogP contribution in [0.5, 0.6) is 11.5 Å². The highest BCUT2D eigenvalue weighted by molar-refractivity contribution is 6.33. The lowest BCUT2D eigenvalue weighted by Crippen LogP contribution is -2.48. The predicted molar refractivity (Wildman–Crippen MR) is 144 cm³/mol. The van der Waals surface area contributed by atoms with Crippen LogP contribution in [-0.4, -0.2) is 36.1 Å². The van der Waals surface area contributed by atoms with E-state index in [2.05, 4.69) is 15.8 Å². The molecule has 0 saturated carbocycles. The molecule has 10 nitrogen and oxygen atoms in total. The Balaban J connectivity index is 1.75.